The highest BCUT2D eigenvalue weighted by Crippen LogP contribution is 2.37. The largest absolute Gasteiger partial charge is 0.488 e. The quantitative estimate of drug-likeness (QED) is 0.189. The van der Waals surface area contributed by atoms with Crippen LogP contribution in [0.4, 0.5) is 0 Å². The van der Waals surface area contributed by atoms with Gasteiger partial charge in [-0.05, 0) is 77.4 Å². The van der Waals surface area contributed by atoms with Gasteiger partial charge in [0.05, 0.1) is 15.5 Å². The average Bonchev–Trinajstić information content (AvgIpc) is 3.16. The van der Waals surface area contributed by atoms with E-state index in [1.807, 2.05) is 67.6 Å². The summed E-state index contributed by atoms with van der Waals surface area (Å²) in [6, 6.07) is 24.2. The number of thiocarbonyl (C=S) groups is 1. The van der Waals surface area contributed by atoms with Crippen molar-refractivity contribution < 1.29 is 14.3 Å². The van der Waals surface area contributed by atoms with Gasteiger partial charge in [-0.15, -0.1) is 0 Å². The van der Waals surface area contributed by atoms with Crippen LogP contribution in [-0.2, 0) is 11.4 Å². The molecule has 1 N–H and O–H groups in total. The number of nitrogens with zero attached hydrogens (tertiary/aromatic N) is 1. The van der Waals surface area contributed by atoms with Crippen molar-refractivity contribution in [3.8, 4) is 5.75 Å². The Morgan fingerprint density at radius 2 is 1.82 bits per heavy atom. The van der Waals surface area contributed by atoms with Gasteiger partial charge in [-0.2, -0.15) is 5.01 Å². The zero-order chi connectivity index (χ0) is 26.8. The van der Waals surface area contributed by atoms with Crippen LogP contribution in [0.15, 0.2) is 83.8 Å². The summed E-state index contributed by atoms with van der Waals surface area (Å²) in [5.41, 5.74) is 5.46. The summed E-state index contributed by atoms with van der Waals surface area (Å²) in [5, 5.41) is 3.93. The number of rotatable bonds is 6. The summed E-state index contributed by atoms with van der Waals surface area (Å²) in [6.45, 7) is 2.20. The fourth-order valence-electron chi connectivity index (χ4n) is 3.95. The number of nitrogens with one attached hydrogen (secondary N) is 1. The smallest absolute Gasteiger partial charge is 0.285 e. The van der Waals surface area contributed by atoms with Crippen LogP contribution in [0.5, 0.6) is 5.75 Å². The lowest BCUT2D eigenvalue weighted by molar-refractivity contribution is -0.123. The predicted molar refractivity (Wildman–Crippen MR) is 158 cm³/mol. The number of amides is 2. The summed E-state index contributed by atoms with van der Waals surface area (Å²) < 4.78 is 6.39. The van der Waals surface area contributed by atoms with E-state index in [4.69, 9.17) is 40.2 Å². The van der Waals surface area contributed by atoms with Crippen LogP contribution in [0.1, 0.15) is 27.0 Å². The molecule has 5 nitrogen and oxygen atoms in total. The standard InChI is InChI=1S/C29H20Cl2N2O3S2/c1-17-6-12-22(24(31)14-17)27(34)32-33-28(35)26(38-29(33)37)15-23-21-5-3-2-4-19(21)9-13-25(23)36-16-18-7-10-20(30)11-8-18/h2-15H,16H2,1H3,(H,32,34)/b26-15+. The summed E-state index contributed by atoms with van der Waals surface area (Å²) in [7, 11) is 0. The van der Waals surface area contributed by atoms with Crippen LogP contribution in [-0.4, -0.2) is 21.1 Å². The number of hydrogen-bond donors (Lipinski definition) is 1. The van der Waals surface area contributed by atoms with Gasteiger partial charge >= 0.3 is 0 Å². The van der Waals surface area contributed by atoms with Gasteiger partial charge in [-0.25, -0.2) is 0 Å². The number of halogens is 2. The molecule has 0 spiro atoms. The van der Waals surface area contributed by atoms with Crippen LogP contribution in [0.3, 0.4) is 0 Å². The van der Waals surface area contributed by atoms with Crippen molar-refractivity contribution in [2.24, 2.45) is 0 Å². The summed E-state index contributed by atoms with van der Waals surface area (Å²) in [6.07, 6.45) is 1.75. The topological polar surface area (TPSA) is 58.6 Å². The minimum absolute atomic E-state index is 0.210. The molecule has 0 radical (unpaired) electrons. The SMILES string of the molecule is Cc1ccc(C(=O)NN2C(=O)/C(=C\c3c(OCc4ccc(Cl)cc4)ccc4ccccc34)SC2=S)c(Cl)c1. The first-order valence-corrected chi connectivity index (χ1v) is 13.5. The Morgan fingerprint density at radius 3 is 2.58 bits per heavy atom. The highest BCUT2D eigenvalue weighted by Gasteiger charge is 2.34. The van der Waals surface area contributed by atoms with Crippen LogP contribution in [0.2, 0.25) is 10.0 Å². The molecule has 0 aliphatic carbocycles. The summed E-state index contributed by atoms with van der Waals surface area (Å²) in [5.74, 6) is -0.350. The third-order valence-electron chi connectivity index (χ3n) is 5.89. The number of ether oxygens (including phenoxy) is 1. The molecule has 1 heterocycles. The number of carbonyl (C=O) groups is 2. The van der Waals surface area contributed by atoms with Crippen molar-refractivity contribution in [1.82, 2.24) is 10.4 Å². The molecule has 0 saturated carbocycles. The molecule has 1 aliphatic heterocycles. The van der Waals surface area contributed by atoms with Crippen molar-refractivity contribution >= 4 is 80.2 Å². The maximum absolute atomic E-state index is 13.3. The molecule has 0 unspecified atom stereocenters. The Kier molecular flexibility index (Phi) is 7.72. The highest BCUT2D eigenvalue weighted by molar-refractivity contribution is 8.26. The van der Waals surface area contributed by atoms with Gasteiger partial charge in [0.25, 0.3) is 11.8 Å². The van der Waals surface area contributed by atoms with Crippen LogP contribution in [0.25, 0.3) is 16.8 Å². The van der Waals surface area contributed by atoms with Crippen LogP contribution >= 0.6 is 47.2 Å². The van der Waals surface area contributed by atoms with E-state index in [1.54, 1.807) is 24.3 Å². The molecule has 0 aromatic heterocycles. The Labute approximate surface area is 239 Å². The fourth-order valence-corrected chi connectivity index (χ4v) is 5.56. The Hall–Kier alpha value is -3.36. The van der Waals surface area contributed by atoms with Gasteiger partial charge < -0.3 is 4.74 Å². The molecule has 1 aliphatic rings. The molecular weight excluding hydrogens is 559 g/mol. The second-order valence-electron chi connectivity index (χ2n) is 8.55. The molecule has 0 bridgehead atoms. The number of thioether (sulfide) groups is 1. The molecule has 4 aromatic rings. The molecule has 2 amide bonds. The van der Waals surface area contributed by atoms with Crippen molar-refractivity contribution in [3.05, 3.63) is 116 Å². The van der Waals surface area contributed by atoms with Crippen molar-refractivity contribution in [2.45, 2.75) is 13.5 Å². The molecule has 4 aromatic carbocycles. The maximum Gasteiger partial charge on any atom is 0.285 e. The number of benzene rings is 4. The average molecular weight is 580 g/mol. The minimum atomic E-state index is -0.523. The molecule has 38 heavy (non-hydrogen) atoms. The lowest BCUT2D eigenvalue weighted by Gasteiger charge is -2.16. The number of fused-ring (bicyclic) bond motifs is 1. The molecule has 5 rings (SSSR count). The van der Waals surface area contributed by atoms with Gasteiger partial charge in [0.15, 0.2) is 4.32 Å². The van der Waals surface area contributed by atoms with E-state index in [1.165, 1.54) is 0 Å². The van der Waals surface area contributed by atoms with Gasteiger partial charge in [0.2, 0.25) is 0 Å². The molecule has 0 atom stereocenters. The third-order valence-corrected chi connectivity index (χ3v) is 7.76. The lowest BCUT2D eigenvalue weighted by Crippen LogP contribution is -2.44. The first-order chi connectivity index (χ1) is 18.3. The van der Waals surface area contributed by atoms with E-state index in [0.717, 1.165) is 44.2 Å². The Bertz CT molecular complexity index is 1620. The lowest BCUT2D eigenvalue weighted by atomic mass is 10.0. The van der Waals surface area contributed by atoms with Crippen molar-refractivity contribution in [2.75, 3.05) is 0 Å². The highest BCUT2D eigenvalue weighted by atomic mass is 35.5. The minimum Gasteiger partial charge on any atom is -0.488 e. The summed E-state index contributed by atoms with van der Waals surface area (Å²) in [4.78, 5) is 26.5. The van der Waals surface area contributed by atoms with E-state index >= 15 is 0 Å². The van der Waals surface area contributed by atoms with E-state index < -0.39 is 11.8 Å². The van der Waals surface area contributed by atoms with E-state index in [-0.39, 0.29) is 9.88 Å². The van der Waals surface area contributed by atoms with E-state index in [2.05, 4.69) is 5.43 Å². The number of aryl methyl sites for hydroxylation is 1. The normalized spacial score (nSPS) is 14.4. The van der Waals surface area contributed by atoms with Gasteiger partial charge in [-0.3, -0.25) is 15.0 Å². The molecule has 9 heteroatoms. The fraction of sp³-hybridized carbons (Fsp3) is 0.0690. The van der Waals surface area contributed by atoms with E-state index in [0.29, 0.717) is 27.3 Å². The van der Waals surface area contributed by atoms with Crippen LogP contribution < -0.4 is 10.2 Å². The number of carbonyl (C=O) groups excluding carboxylic acids is 2. The molecular formula is C29H20Cl2N2O3S2. The Balaban J connectivity index is 1.44. The first-order valence-electron chi connectivity index (χ1n) is 11.5. The zero-order valence-corrected chi connectivity index (χ0v) is 23.2. The van der Waals surface area contributed by atoms with Crippen LogP contribution in [0, 0.1) is 6.92 Å². The zero-order valence-electron chi connectivity index (χ0n) is 20.0. The monoisotopic (exact) mass is 578 g/mol. The third kappa shape index (κ3) is 5.56. The number of hydrazine groups is 1. The molecule has 1 fully saturated rings. The van der Waals surface area contributed by atoms with Crippen molar-refractivity contribution in [3.63, 3.8) is 0 Å². The predicted octanol–water partition coefficient (Wildman–Crippen LogP) is 7.58. The van der Waals surface area contributed by atoms with E-state index in [9.17, 15) is 9.59 Å². The first kappa shape index (κ1) is 26.3. The van der Waals surface area contributed by atoms with Gasteiger partial charge in [0, 0.05) is 10.6 Å². The molecule has 190 valence electrons. The second-order valence-corrected chi connectivity index (χ2v) is 11.1. The second kappa shape index (κ2) is 11.2. The summed E-state index contributed by atoms with van der Waals surface area (Å²) >= 11 is 18.8. The van der Waals surface area contributed by atoms with Gasteiger partial charge in [0.1, 0.15) is 12.4 Å². The molecule has 1 saturated heterocycles. The van der Waals surface area contributed by atoms with Gasteiger partial charge in [-0.1, -0.05) is 83.5 Å². The number of hydrogen-bond acceptors (Lipinski definition) is 5. The van der Waals surface area contributed by atoms with Crippen molar-refractivity contribution in [1.29, 1.82) is 0 Å². The maximum atomic E-state index is 13.3. The Morgan fingerprint density at radius 1 is 1.05 bits per heavy atom.